The monoisotopic (exact) mass is 410 g/mol. The minimum atomic E-state index is -0.531. The number of aliphatic hydroxyl groups is 1. The first-order chi connectivity index (χ1) is 14.2. The molecule has 0 fully saturated rings. The van der Waals surface area contributed by atoms with E-state index in [0.29, 0.717) is 13.0 Å². The van der Waals surface area contributed by atoms with Crippen LogP contribution in [0.5, 0.6) is 0 Å². The number of carbonyl (C=O) groups excluding carboxylic acids is 1. The van der Waals surface area contributed by atoms with Gasteiger partial charge in [0.15, 0.2) is 0 Å². The Morgan fingerprint density at radius 3 is 2.00 bits per heavy atom. The Bertz CT molecular complexity index is 404. The second-order valence-corrected chi connectivity index (χ2v) is 7.66. The normalized spacial score (nSPS) is 12.8. The summed E-state index contributed by atoms with van der Waals surface area (Å²) in [5.74, 6) is -0.295. The molecule has 0 aliphatic heterocycles. The second-order valence-electron chi connectivity index (χ2n) is 7.66. The van der Waals surface area contributed by atoms with Crippen molar-refractivity contribution in [3.63, 3.8) is 0 Å². The summed E-state index contributed by atoms with van der Waals surface area (Å²) in [7, 11) is 0. The zero-order valence-corrected chi connectivity index (χ0v) is 19.1. The zero-order chi connectivity index (χ0) is 21.4. The Kier molecular flexibility index (Phi) is 22.2. The number of esters is 1. The molecule has 0 aliphatic rings. The third kappa shape index (κ3) is 21.4. The summed E-state index contributed by atoms with van der Waals surface area (Å²) in [5, 5.41) is 9.16. The van der Waals surface area contributed by atoms with Crippen LogP contribution in [0, 0.1) is 0 Å². The van der Waals surface area contributed by atoms with Gasteiger partial charge in [0.05, 0.1) is 13.2 Å². The molecule has 4 nitrogen and oxygen atoms in total. The Balaban J connectivity index is 3.32. The van der Waals surface area contributed by atoms with Gasteiger partial charge in [-0.15, -0.1) is 0 Å². The van der Waals surface area contributed by atoms with Crippen molar-refractivity contribution in [1.29, 1.82) is 0 Å². The van der Waals surface area contributed by atoms with Gasteiger partial charge in [0, 0.05) is 13.0 Å². The fourth-order valence-electron chi connectivity index (χ4n) is 2.98. The van der Waals surface area contributed by atoms with E-state index in [2.05, 4.69) is 31.2 Å². The van der Waals surface area contributed by atoms with Crippen molar-refractivity contribution in [2.75, 3.05) is 19.8 Å². The lowest BCUT2D eigenvalue weighted by Crippen LogP contribution is -2.27. The van der Waals surface area contributed by atoms with E-state index >= 15 is 0 Å². The van der Waals surface area contributed by atoms with E-state index < -0.39 is 6.10 Å². The van der Waals surface area contributed by atoms with Gasteiger partial charge in [-0.05, 0) is 38.5 Å². The van der Waals surface area contributed by atoms with Crippen molar-refractivity contribution in [2.24, 2.45) is 0 Å². The molecule has 0 radical (unpaired) electrons. The molecule has 0 aliphatic carbocycles. The summed E-state index contributed by atoms with van der Waals surface area (Å²) in [6, 6.07) is 0. The quantitative estimate of drug-likeness (QED) is 0.133. The average molecular weight is 411 g/mol. The summed E-state index contributed by atoms with van der Waals surface area (Å²) in [6.45, 7) is 4.75. The molecule has 0 saturated carbocycles. The van der Waals surface area contributed by atoms with Gasteiger partial charge < -0.3 is 14.6 Å². The zero-order valence-electron chi connectivity index (χ0n) is 19.1. The van der Waals surface area contributed by atoms with Gasteiger partial charge in [0.25, 0.3) is 0 Å². The summed E-state index contributed by atoms with van der Waals surface area (Å²) in [5.41, 5.74) is 0. The molecular formula is C25H46O4. The van der Waals surface area contributed by atoms with Crippen LogP contribution in [-0.2, 0) is 14.3 Å². The molecule has 0 heterocycles. The first kappa shape index (κ1) is 27.9. The predicted molar refractivity (Wildman–Crippen MR) is 122 cm³/mol. The number of allylic oxidation sites excluding steroid dienone is 4. The van der Waals surface area contributed by atoms with Crippen molar-refractivity contribution >= 4 is 5.97 Å². The van der Waals surface area contributed by atoms with E-state index in [1.165, 1.54) is 64.2 Å². The predicted octanol–water partition coefficient (Wildman–Crippen LogP) is 6.52. The highest BCUT2D eigenvalue weighted by Crippen LogP contribution is 2.08. The average Bonchev–Trinajstić information content (AvgIpc) is 2.74. The second kappa shape index (κ2) is 23.2. The van der Waals surface area contributed by atoms with Crippen LogP contribution in [0.25, 0.3) is 0 Å². The van der Waals surface area contributed by atoms with Crippen molar-refractivity contribution in [3.05, 3.63) is 24.3 Å². The fraction of sp³-hybridized carbons (Fsp3) is 0.800. The molecule has 0 bridgehead atoms. The van der Waals surface area contributed by atoms with Crippen LogP contribution in [0.2, 0.25) is 0 Å². The molecule has 170 valence electrons. The molecule has 0 aromatic heterocycles. The topological polar surface area (TPSA) is 55.8 Å². The molecule has 0 saturated heterocycles. The lowest BCUT2D eigenvalue weighted by Gasteiger charge is -2.15. The van der Waals surface area contributed by atoms with Crippen molar-refractivity contribution in [3.8, 4) is 0 Å². The Labute approximate surface area is 179 Å². The Morgan fingerprint density at radius 1 is 0.828 bits per heavy atom. The molecule has 29 heavy (non-hydrogen) atoms. The minimum Gasteiger partial charge on any atom is -0.457 e. The number of hydrogen-bond donors (Lipinski definition) is 1. The molecular weight excluding hydrogens is 364 g/mol. The van der Waals surface area contributed by atoms with Gasteiger partial charge in [-0.25, -0.2) is 0 Å². The van der Waals surface area contributed by atoms with Crippen LogP contribution >= 0.6 is 0 Å². The molecule has 1 unspecified atom stereocenters. The summed E-state index contributed by atoms with van der Waals surface area (Å²) in [4.78, 5) is 11.2. The molecule has 0 spiro atoms. The summed E-state index contributed by atoms with van der Waals surface area (Å²) < 4.78 is 10.6. The third-order valence-electron chi connectivity index (χ3n) is 4.83. The fourth-order valence-corrected chi connectivity index (χ4v) is 2.98. The largest absolute Gasteiger partial charge is 0.457 e. The van der Waals surface area contributed by atoms with E-state index in [1.807, 2.05) is 0 Å². The van der Waals surface area contributed by atoms with E-state index in [-0.39, 0.29) is 19.2 Å². The standard InChI is InChI=1S/C25H46O4/c1-3-5-6-7-8-9-10-11-12-13-14-15-16-17-18-19-20-21-28-23-24(22-26)29-25(27)4-2/h9-10,12-13,24,26H,3-8,11,14-23H2,1-2H3/b10-9-,13-12-. The Hall–Kier alpha value is -1.13. The van der Waals surface area contributed by atoms with Gasteiger partial charge in [0.2, 0.25) is 0 Å². The van der Waals surface area contributed by atoms with E-state index in [0.717, 1.165) is 19.3 Å². The van der Waals surface area contributed by atoms with Gasteiger partial charge in [-0.1, -0.05) is 83.1 Å². The SMILES string of the molecule is CCCCCC/C=C\C/C=C\CCCCCCCCOCC(CO)OC(=O)CC. The summed E-state index contributed by atoms with van der Waals surface area (Å²) in [6.07, 6.45) is 25.1. The molecule has 4 heteroatoms. The third-order valence-corrected chi connectivity index (χ3v) is 4.83. The molecule has 1 N–H and O–H groups in total. The highest BCUT2D eigenvalue weighted by atomic mass is 16.6. The minimum absolute atomic E-state index is 0.185. The highest BCUT2D eigenvalue weighted by molar-refractivity contribution is 5.69. The van der Waals surface area contributed by atoms with Gasteiger partial charge in [0.1, 0.15) is 6.10 Å². The first-order valence-electron chi connectivity index (χ1n) is 11.9. The lowest BCUT2D eigenvalue weighted by molar-refractivity contribution is -0.154. The van der Waals surface area contributed by atoms with Crippen molar-refractivity contribution in [1.82, 2.24) is 0 Å². The smallest absolute Gasteiger partial charge is 0.305 e. The molecule has 0 aromatic rings. The number of ether oxygens (including phenoxy) is 2. The van der Waals surface area contributed by atoms with Crippen LogP contribution < -0.4 is 0 Å². The number of carbonyl (C=O) groups is 1. The highest BCUT2D eigenvalue weighted by Gasteiger charge is 2.11. The number of rotatable bonds is 21. The lowest BCUT2D eigenvalue weighted by atomic mass is 10.1. The number of aliphatic hydroxyl groups excluding tert-OH is 1. The first-order valence-corrected chi connectivity index (χ1v) is 11.9. The van der Waals surface area contributed by atoms with Gasteiger partial charge in [-0.2, -0.15) is 0 Å². The van der Waals surface area contributed by atoms with Crippen molar-refractivity contribution < 1.29 is 19.4 Å². The molecule has 0 aromatic carbocycles. The van der Waals surface area contributed by atoms with Crippen LogP contribution in [-0.4, -0.2) is 37.0 Å². The van der Waals surface area contributed by atoms with Crippen LogP contribution in [0.1, 0.15) is 104 Å². The van der Waals surface area contributed by atoms with E-state index in [1.54, 1.807) is 6.92 Å². The maximum atomic E-state index is 11.2. The number of hydrogen-bond acceptors (Lipinski definition) is 4. The van der Waals surface area contributed by atoms with Gasteiger partial charge >= 0.3 is 5.97 Å². The van der Waals surface area contributed by atoms with Crippen LogP contribution in [0.4, 0.5) is 0 Å². The van der Waals surface area contributed by atoms with Crippen molar-refractivity contribution in [2.45, 2.75) is 110 Å². The molecule has 0 rings (SSSR count). The van der Waals surface area contributed by atoms with E-state index in [4.69, 9.17) is 14.6 Å². The van der Waals surface area contributed by atoms with Gasteiger partial charge in [-0.3, -0.25) is 4.79 Å². The maximum absolute atomic E-state index is 11.2. The van der Waals surface area contributed by atoms with E-state index in [9.17, 15) is 4.79 Å². The van der Waals surface area contributed by atoms with Crippen LogP contribution in [0.3, 0.4) is 0 Å². The summed E-state index contributed by atoms with van der Waals surface area (Å²) >= 11 is 0. The molecule has 1 atom stereocenters. The maximum Gasteiger partial charge on any atom is 0.305 e. The Morgan fingerprint density at radius 2 is 1.41 bits per heavy atom. The number of unbranched alkanes of at least 4 members (excludes halogenated alkanes) is 10. The molecule has 0 amide bonds. The van der Waals surface area contributed by atoms with Crippen LogP contribution in [0.15, 0.2) is 24.3 Å².